The minimum Gasteiger partial charge on any atom is -0.387 e. The Morgan fingerprint density at radius 2 is 1.25 bits per heavy atom. The standard InChI is InChI=1S/C45H31N3/c1-2-12-34(13-3-1)48-42-19-8-5-15-39(42)44-38-14-4-7-18-41(38)47(43-20-9-6-16-40(43)45(44)48)35-24-23-30-21-22-31(27-33(30)28-35)36-17-10-11-32-29-46-26-25-37(32)36/h1-28,46H,29H2. The van der Waals surface area contributed by atoms with Gasteiger partial charge < -0.3 is 14.8 Å². The first-order valence-electron chi connectivity index (χ1n) is 16.6. The summed E-state index contributed by atoms with van der Waals surface area (Å²) in [6.45, 7) is 0.857. The maximum Gasteiger partial charge on any atom is 0.0641 e. The first-order valence-corrected chi connectivity index (χ1v) is 16.6. The number of aromatic nitrogens is 1. The molecule has 48 heavy (non-hydrogen) atoms. The maximum absolute atomic E-state index is 3.35. The van der Waals surface area contributed by atoms with Crippen LogP contribution in [0.5, 0.6) is 0 Å². The van der Waals surface area contributed by atoms with E-state index >= 15 is 0 Å². The summed E-state index contributed by atoms with van der Waals surface area (Å²) < 4.78 is 2.45. The summed E-state index contributed by atoms with van der Waals surface area (Å²) in [7, 11) is 0. The van der Waals surface area contributed by atoms with Crippen LogP contribution < -0.4 is 10.2 Å². The lowest BCUT2D eigenvalue weighted by atomic mass is 9.92. The molecule has 1 N–H and O–H groups in total. The summed E-state index contributed by atoms with van der Waals surface area (Å²) >= 11 is 0. The highest BCUT2D eigenvalue weighted by atomic mass is 15.2. The minimum absolute atomic E-state index is 0.857. The zero-order chi connectivity index (χ0) is 31.6. The van der Waals surface area contributed by atoms with Crippen molar-refractivity contribution in [2.24, 2.45) is 0 Å². The Kier molecular flexibility index (Phi) is 5.94. The predicted molar refractivity (Wildman–Crippen MR) is 201 cm³/mol. The van der Waals surface area contributed by atoms with E-state index in [1.165, 1.54) is 72.0 Å². The number of hydrogen-bond acceptors (Lipinski definition) is 2. The molecular formula is C45H31N3. The highest BCUT2D eigenvalue weighted by Gasteiger charge is 2.31. The van der Waals surface area contributed by atoms with E-state index in [-0.39, 0.29) is 0 Å². The predicted octanol–water partition coefficient (Wildman–Crippen LogP) is 11.6. The van der Waals surface area contributed by atoms with E-state index in [9.17, 15) is 0 Å². The number of nitrogens with zero attached hydrogens (tertiary/aromatic N) is 2. The molecule has 2 aliphatic heterocycles. The molecule has 226 valence electrons. The molecule has 1 aromatic heterocycles. The van der Waals surface area contributed by atoms with Crippen LogP contribution in [0.2, 0.25) is 0 Å². The number of anilines is 3. The number of para-hydroxylation sites is 4. The topological polar surface area (TPSA) is 20.2 Å². The molecule has 3 heteroatoms. The molecule has 2 aliphatic rings. The molecule has 0 saturated carbocycles. The van der Waals surface area contributed by atoms with Crippen LogP contribution in [-0.2, 0) is 6.54 Å². The molecule has 0 amide bonds. The second-order valence-electron chi connectivity index (χ2n) is 12.6. The van der Waals surface area contributed by atoms with E-state index in [4.69, 9.17) is 0 Å². The summed E-state index contributed by atoms with van der Waals surface area (Å²) in [4.78, 5) is 2.46. The Bertz CT molecular complexity index is 2570. The third-order valence-corrected chi connectivity index (χ3v) is 9.95. The lowest BCUT2D eigenvalue weighted by Gasteiger charge is -2.28. The van der Waals surface area contributed by atoms with E-state index in [0.717, 1.165) is 23.6 Å². The Morgan fingerprint density at radius 1 is 0.521 bits per heavy atom. The van der Waals surface area contributed by atoms with Crippen LogP contribution in [-0.4, -0.2) is 4.57 Å². The largest absolute Gasteiger partial charge is 0.387 e. The molecule has 10 rings (SSSR count). The normalized spacial score (nSPS) is 13.0. The second-order valence-corrected chi connectivity index (χ2v) is 12.6. The number of nitrogens with one attached hydrogen (secondary N) is 1. The third kappa shape index (κ3) is 4.01. The average molecular weight is 614 g/mol. The van der Waals surface area contributed by atoms with Gasteiger partial charge in [-0.25, -0.2) is 0 Å². The molecule has 0 bridgehead atoms. The van der Waals surface area contributed by atoms with E-state index in [1.807, 2.05) is 0 Å². The smallest absolute Gasteiger partial charge is 0.0641 e. The number of benzene rings is 7. The van der Waals surface area contributed by atoms with Crippen LogP contribution in [0.15, 0.2) is 164 Å². The van der Waals surface area contributed by atoms with Crippen molar-refractivity contribution in [3.63, 3.8) is 0 Å². The van der Waals surface area contributed by atoms with Crippen LogP contribution in [0.3, 0.4) is 0 Å². The van der Waals surface area contributed by atoms with Crippen LogP contribution in [0.1, 0.15) is 11.1 Å². The van der Waals surface area contributed by atoms with Gasteiger partial charge in [-0.2, -0.15) is 0 Å². The van der Waals surface area contributed by atoms with Crippen molar-refractivity contribution in [3.05, 3.63) is 175 Å². The molecule has 3 heterocycles. The lowest BCUT2D eigenvalue weighted by Crippen LogP contribution is -2.11. The fourth-order valence-corrected chi connectivity index (χ4v) is 7.84. The van der Waals surface area contributed by atoms with Crippen LogP contribution in [0.4, 0.5) is 17.1 Å². The van der Waals surface area contributed by atoms with Gasteiger partial charge in [0.05, 0.1) is 22.6 Å². The van der Waals surface area contributed by atoms with Crippen LogP contribution in [0, 0.1) is 0 Å². The Labute approximate surface area is 279 Å². The number of hydrogen-bond donors (Lipinski definition) is 1. The van der Waals surface area contributed by atoms with E-state index in [1.54, 1.807) is 0 Å². The van der Waals surface area contributed by atoms with Crippen LogP contribution >= 0.6 is 0 Å². The summed E-state index contributed by atoms with van der Waals surface area (Å²) in [6, 6.07) is 57.7. The van der Waals surface area contributed by atoms with Gasteiger partial charge in [-0.1, -0.05) is 109 Å². The maximum atomic E-state index is 3.35. The average Bonchev–Trinajstić information content (AvgIpc) is 3.44. The van der Waals surface area contributed by atoms with Gasteiger partial charge in [0.1, 0.15) is 0 Å². The number of fused-ring (bicyclic) bond motifs is 9. The highest BCUT2D eigenvalue weighted by Crippen LogP contribution is 2.54. The molecule has 3 nitrogen and oxygen atoms in total. The quantitative estimate of drug-likeness (QED) is 0.214. The van der Waals surface area contributed by atoms with Crippen molar-refractivity contribution in [1.29, 1.82) is 0 Å². The summed E-state index contributed by atoms with van der Waals surface area (Å²) in [5.74, 6) is 0. The highest BCUT2D eigenvalue weighted by molar-refractivity contribution is 6.13. The molecule has 0 spiro atoms. The van der Waals surface area contributed by atoms with Crippen molar-refractivity contribution < 1.29 is 0 Å². The van der Waals surface area contributed by atoms with Gasteiger partial charge in [0, 0.05) is 40.0 Å². The van der Waals surface area contributed by atoms with Gasteiger partial charge in [-0.05, 0) is 93.8 Å². The van der Waals surface area contributed by atoms with Crippen molar-refractivity contribution in [3.8, 4) is 39.2 Å². The van der Waals surface area contributed by atoms with Crippen molar-refractivity contribution >= 4 is 44.8 Å². The minimum atomic E-state index is 0.857. The fourth-order valence-electron chi connectivity index (χ4n) is 7.84. The third-order valence-electron chi connectivity index (χ3n) is 9.95. The van der Waals surface area contributed by atoms with E-state index in [2.05, 4.69) is 185 Å². The Balaban J connectivity index is 1.23. The lowest BCUT2D eigenvalue weighted by molar-refractivity contribution is 0.859. The van der Waals surface area contributed by atoms with Gasteiger partial charge in [0.25, 0.3) is 0 Å². The monoisotopic (exact) mass is 613 g/mol. The first-order chi connectivity index (χ1) is 23.8. The summed E-state index contributed by atoms with van der Waals surface area (Å²) in [5.41, 5.74) is 15.9. The van der Waals surface area contributed by atoms with Gasteiger partial charge in [-0.3, -0.25) is 0 Å². The van der Waals surface area contributed by atoms with Gasteiger partial charge in [-0.15, -0.1) is 0 Å². The molecule has 0 unspecified atom stereocenters. The molecule has 8 aromatic rings. The SMILES string of the molecule is C1=Cc2c(cccc2-c2ccc3ccc(N4c5ccccc5-c5c(n(-c6ccccc6)c6ccccc56)-c5ccccc54)cc3c2)CN1. The Morgan fingerprint density at radius 3 is 2.15 bits per heavy atom. The molecule has 0 atom stereocenters. The van der Waals surface area contributed by atoms with E-state index < -0.39 is 0 Å². The molecule has 0 fully saturated rings. The first kappa shape index (κ1) is 26.9. The zero-order valence-corrected chi connectivity index (χ0v) is 26.3. The zero-order valence-electron chi connectivity index (χ0n) is 26.3. The second kappa shape index (κ2) is 10.6. The van der Waals surface area contributed by atoms with Crippen molar-refractivity contribution in [2.75, 3.05) is 4.90 Å². The number of rotatable bonds is 3. The van der Waals surface area contributed by atoms with E-state index in [0.29, 0.717) is 0 Å². The van der Waals surface area contributed by atoms with Crippen molar-refractivity contribution in [2.45, 2.75) is 6.54 Å². The molecular weight excluding hydrogens is 583 g/mol. The van der Waals surface area contributed by atoms with Crippen molar-refractivity contribution in [1.82, 2.24) is 9.88 Å². The van der Waals surface area contributed by atoms with Gasteiger partial charge in [0.15, 0.2) is 0 Å². The molecule has 0 radical (unpaired) electrons. The Hall–Kier alpha value is -6.32. The van der Waals surface area contributed by atoms with Gasteiger partial charge >= 0.3 is 0 Å². The van der Waals surface area contributed by atoms with Crippen LogP contribution in [0.25, 0.3) is 66.9 Å². The summed E-state index contributed by atoms with van der Waals surface area (Å²) in [5, 5.41) is 7.05. The molecule has 7 aromatic carbocycles. The fraction of sp³-hybridized carbons (Fsp3) is 0.0222. The van der Waals surface area contributed by atoms with Gasteiger partial charge in [0.2, 0.25) is 0 Å². The summed E-state index contributed by atoms with van der Waals surface area (Å²) in [6.07, 6.45) is 4.25. The molecule has 0 aliphatic carbocycles. The molecule has 0 saturated heterocycles.